The molecule has 1 aliphatic heterocycles. The van der Waals surface area contributed by atoms with Crippen LogP contribution < -0.4 is 10.2 Å². The van der Waals surface area contributed by atoms with Crippen molar-refractivity contribution in [2.45, 2.75) is 12.8 Å². The molecule has 3 aromatic carbocycles. The van der Waals surface area contributed by atoms with Crippen LogP contribution >= 0.6 is 0 Å². The summed E-state index contributed by atoms with van der Waals surface area (Å²) in [6, 6.07) is 27.1. The summed E-state index contributed by atoms with van der Waals surface area (Å²) in [6.07, 6.45) is -0.507. The predicted octanol–water partition coefficient (Wildman–Crippen LogP) is 3.92. The molecule has 124 valence electrons. The highest BCUT2D eigenvalue weighted by Crippen LogP contribution is 2.33. The molecule has 0 unspecified atom stereocenters. The number of hydrazine groups is 1. The van der Waals surface area contributed by atoms with E-state index in [1.807, 2.05) is 78.9 Å². The second kappa shape index (κ2) is 6.79. The van der Waals surface area contributed by atoms with Gasteiger partial charge in [-0.3, -0.25) is 4.79 Å². The third-order valence-electron chi connectivity index (χ3n) is 4.19. The van der Waals surface area contributed by atoms with Crippen molar-refractivity contribution in [2.75, 3.05) is 0 Å². The molecule has 1 amide bonds. The van der Waals surface area contributed by atoms with E-state index in [0.717, 1.165) is 11.1 Å². The molecule has 0 bridgehead atoms. The summed E-state index contributed by atoms with van der Waals surface area (Å²) in [5, 5.41) is 1.57. The number of hydrogen-bond acceptors (Lipinski definition) is 3. The van der Waals surface area contributed by atoms with Crippen LogP contribution in [0.1, 0.15) is 27.7 Å². The highest BCUT2D eigenvalue weighted by molar-refractivity contribution is 5.97. The van der Waals surface area contributed by atoms with Crippen LogP contribution in [0.3, 0.4) is 0 Å². The van der Waals surface area contributed by atoms with Crippen molar-refractivity contribution in [3.05, 3.63) is 102 Å². The second-order valence-corrected chi connectivity index (χ2v) is 5.87. The number of amides is 1. The minimum absolute atomic E-state index is 0.0911. The average Bonchev–Trinajstić information content (AvgIpc) is 2.69. The Morgan fingerprint density at radius 3 is 2.24 bits per heavy atom. The van der Waals surface area contributed by atoms with Crippen molar-refractivity contribution in [2.24, 2.45) is 0 Å². The SMILES string of the molecule is O=C1c2ccccc2O[C@@H](c2ccccc2)N1NCc1ccccc1. The molecule has 0 saturated heterocycles. The molecule has 1 N–H and O–H groups in total. The smallest absolute Gasteiger partial charge is 0.275 e. The van der Waals surface area contributed by atoms with E-state index in [1.54, 1.807) is 11.1 Å². The lowest BCUT2D eigenvalue weighted by molar-refractivity contribution is -0.0176. The van der Waals surface area contributed by atoms with Gasteiger partial charge < -0.3 is 4.74 Å². The Kier molecular flexibility index (Phi) is 4.19. The zero-order valence-corrected chi connectivity index (χ0v) is 13.6. The molecule has 1 atom stereocenters. The number of para-hydroxylation sites is 1. The van der Waals surface area contributed by atoms with Crippen LogP contribution in [0.15, 0.2) is 84.9 Å². The summed E-state index contributed by atoms with van der Waals surface area (Å²) >= 11 is 0. The number of hydrogen-bond donors (Lipinski definition) is 1. The van der Waals surface area contributed by atoms with Gasteiger partial charge in [0.15, 0.2) is 0 Å². The van der Waals surface area contributed by atoms with E-state index in [9.17, 15) is 4.79 Å². The Hall–Kier alpha value is -3.11. The van der Waals surface area contributed by atoms with Gasteiger partial charge in [-0.2, -0.15) is 0 Å². The van der Waals surface area contributed by atoms with E-state index >= 15 is 0 Å². The van der Waals surface area contributed by atoms with Gasteiger partial charge in [0.1, 0.15) is 5.75 Å². The number of fused-ring (bicyclic) bond motifs is 1. The third kappa shape index (κ3) is 3.12. The standard InChI is InChI=1S/C21H18N2O2/c24-20-18-13-7-8-14-19(18)25-21(17-11-5-2-6-12-17)23(20)22-15-16-9-3-1-4-10-16/h1-14,21-22H,15H2/t21-/m0/s1. The Balaban J connectivity index is 1.66. The van der Waals surface area contributed by atoms with Gasteiger partial charge >= 0.3 is 0 Å². The Labute approximate surface area is 146 Å². The molecule has 1 aliphatic rings. The number of carbonyl (C=O) groups is 1. The zero-order valence-electron chi connectivity index (χ0n) is 13.6. The summed E-state index contributed by atoms with van der Waals surface area (Å²) < 4.78 is 6.13. The quantitative estimate of drug-likeness (QED) is 0.788. The van der Waals surface area contributed by atoms with E-state index in [4.69, 9.17) is 4.74 Å². The van der Waals surface area contributed by atoms with Gasteiger partial charge in [0, 0.05) is 12.1 Å². The van der Waals surface area contributed by atoms with E-state index < -0.39 is 6.23 Å². The predicted molar refractivity (Wildman–Crippen MR) is 95.7 cm³/mol. The van der Waals surface area contributed by atoms with Crippen molar-refractivity contribution in [3.8, 4) is 5.75 Å². The molecule has 4 heteroatoms. The first-order valence-corrected chi connectivity index (χ1v) is 8.24. The lowest BCUT2D eigenvalue weighted by atomic mass is 10.1. The molecule has 25 heavy (non-hydrogen) atoms. The van der Waals surface area contributed by atoms with Crippen LogP contribution in [0.25, 0.3) is 0 Å². The summed E-state index contributed by atoms with van der Waals surface area (Å²) in [7, 11) is 0. The lowest BCUT2D eigenvalue weighted by Crippen LogP contribution is -2.49. The summed E-state index contributed by atoms with van der Waals surface area (Å²) in [5.74, 6) is 0.519. The maximum atomic E-state index is 13.0. The molecule has 1 heterocycles. The molecule has 0 radical (unpaired) electrons. The van der Waals surface area contributed by atoms with Gasteiger partial charge in [-0.05, 0) is 17.7 Å². The molecular weight excluding hydrogens is 312 g/mol. The number of ether oxygens (including phenoxy) is 1. The first-order chi connectivity index (χ1) is 12.3. The van der Waals surface area contributed by atoms with E-state index in [0.29, 0.717) is 17.9 Å². The highest BCUT2D eigenvalue weighted by atomic mass is 16.5. The van der Waals surface area contributed by atoms with Gasteiger partial charge in [0.05, 0.1) is 5.56 Å². The van der Waals surface area contributed by atoms with Crippen molar-refractivity contribution < 1.29 is 9.53 Å². The second-order valence-electron chi connectivity index (χ2n) is 5.87. The molecule has 4 nitrogen and oxygen atoms in total. The van der Waals surface area contributed by atoms with Crippen LogP contribution in [-0.2, 0) is 6.54 Å². The van der Waals surface area contributed by atoms with Gasteiger partial charge in [0.2, 0.25) is 6.23 Å². The lowest BCUT2D eigenvalue weighted by Gasteiger charge is -2.37. The fourth-order valence-corrected chi connectivity index (χ4v) is 2.92. The Morgan fingerprint density at radius 1 is 0.840 bits per heavy atom. The highest BCUT2D eigenvalue weighted by Gasteiger charge is 2.34. The maximum absolute atomic E-state index is 13.0. The minimum Gasteiger partial charge on any atom is -0.464 e. The van der Waals surface area contributed by atoms with Crippen LogP contribution in [-0.4, -0.2) is 10.9 Å². The average molecular weight is 330 g/mol. The van der Waals surface area contributed by atoms with Crippen LogP contribution in [0.2, 0.25) is 0 Å². The summed E-state index contributed by atoms with van der Waals surface area (Å²) in [4.78, 5) is 13.0. The topological polar surface area (TPSA) is 41.6 Å². The van der Waals surface area contributed by atoms with Crippen molar-refractivity contribution in [1.82, 2.24) is 10.4 Å². The van der Waals surface area contributed by atoms with Gasteiger partial charge in [-0.1, -0.05) is 72.8 Å². The van der Waals surface area contributed by atoms with E-state index in [-0.39, 0.29) is 5.91 Å². The van der Waals surface area contributed by atoms with Gasteiger partial charge in [-0.25, -0.2) is 10.4 Å². The number of nitrogens with one attached hydrogen (secondary N) is 1. The van der Waals surface area contributed by atoms with E-state index in [1.165, 1.54) is 0 Å². The van der Waals surface area contributed by atoms with Crippen LogP contribution in [0.5, 0.6) is 5.75 Å². The van der Waals surface area contributed by atoms with Crippen LogP contribution in [0.4, 0.5) is 0 Å². The van der Waals surface area contributed by atoms with Gasteiger partial charge in [0.25, 0.3) is 5.91 Å². The number of rotatable bonds is 4. The minimum atomic E-state index is -0.507. The first kappa shape index (κ1) is 15.4. The summed E-state index contributed by atoms with van der Waals surface area (Å²) in [5.41, 5.74) is 5.82. The largest absolute Gasteiger partial charge is 0.464 e. The zero-order chi connectivity index (χ0) is 17.1. The number of carbonyl (C=O) groups excluding carboxylic acids is 1. The number of benzene rings is 3. The molecule has 0 aromatic heterocycles. The fraction of sp³-hybridized carbons (Fsp3) is 0.0952. The van der Waals surface area contributed by atoms with Crippen molar-refractivity contribution in [3.63, 3.8) is 0 Å². The molecule has 0 aliphatic carbocycles. The molecule has 0 saturated carbocycles. The van der Waals surface area contributed by atoms with Crippen molar-refractivity contribution in [1.29, 1.82) is 0 Å². The monoisotopic (exact) mass is 330 g/mol. The maximum Gasteiger partial charge on any atom is 0.275 e. The van der Waals surface area contributed by atoms with Crippen molar-refractivity contribution >= 4 is 5.91 Å². The molecule has 3 aromatic rings. The Bertz CT molecular complexity index is 865. The summed E-state index contributed by atoms with van der Waals surface area (Å²) in [6.45, 7) is 0.543. The molecular formula is C21H18N2O2. The van der Waals surface area contributed by atoms with Gasteiger partial charge in [-0.15, -0.1) is 0 Å². The normalized spacial score (nSPS) is 16.2. The first-order valence-electron chi connectivity index (χ1n) is 8.24. The molecule has 4 rings (SSSR count). The molecule has 0 fully saturated rings. The Morgan fingerprint density at radius 2 is 1.48 bits per heavy atom. The van der Waals surface area contributed by atoms with E-state index in [2.05, 4.69) is 5.43 Å². The number of nitrogens with zero attached hydrogens (tertiary/aromatic N) is 1. The van der Waals surface area contributed by atoms with Crippen LogP contribution in [0, 0.1) is 0 Å². The fourth-order valence-electron chi connectivity index (χ4n) is 2.92. The molecule has 0 spiro atoms. The third-order valence-corrected chi connectivity index (χ3v) is 4.19.